The molecule has 0 bridgehead atoms. The summed E-state index contributed by atoms with van der Waals surface area (Å²) in [5, 5.41) is 29.5. The molecule has 1 aliphatic rings. The van der Waals surface area contributed by atoms with Gasteiger partial charge in [0.05, 0.1) is 34.6 Å². The molecule has 182 valence electrons. The maximum atomic E-state index is 13.2. The van der Waals surface area contributed by atoms with Crippen LogP contribution in [0.3, 0.4) is 0 Å². The highest BCUT2D eigenvalue weighted by molar-refractivity contribution is 6.05. The lowest BCUT2D eigenvalue weighted by Crippen LogP contribution is -2.43. The van der Waals surface area contributed by atoms with E-state index in [2.05, 4.69) is 10.3 Å². The van der Waals surface area contributed by atoms with Gasteiger partial charge < -0.3 is 14.8 Å². The first kappa shape index (κ1) is 23.0. The highest BCUT2D eigenvalue weighted by Crippen LogP contribution is 2.36. The van der Waals surface area contributed by atoms with Crippen LogP contribution in [-0.2, 0) is 0 Å². The number of oxazole rings is 1. The Balaban J connectivity index is 1.51. The van der Waals surface area contributed by atoms with Crippen LogP contribution < -0.4 is 10.0 Å². The van der Waals surface area contributed by atoms with Crippen LogP contribution in [0.25, 0.3) is 22.4 Å². The van der Waals surface area contributed by atoms with Crippen molar-refractivity contribution in [3.05, 3.63) is 60.4 Å². The summed E-state index contributed by atoms with van der Waals surface area (Å²) in [6.07, 6.45) is 8.15. The largest absolute Gasteiger partial charge is 0.444 e. The molecule has 9 heteroatoms. The van der Waals surface area contributed by atoms with Gasteiger partial charge >= 0.3 is 11.6 Å². The fourth-order valence-electron chi connectivity index (χ4n) is 4.72. The zero-order chi connectivity index (χ0) is 24.7. The number of hydrogen-bond acceptors (Lipinski definition) is 6. The molecule has 1 amide bonds. The fraction of sp³-hybridized carbons (Fsp3) is 0.385. The summed E-state index contributed by atoms with van der Waals surface area (Å²) in [6.45, 7) is 5.78. The molecule has 0 unspecified atom stereocenters. The smallest absolute Gasteiger partial charge is 0.325 e. The van der Waals surface area contributed by atoms with Crippen LogP contribution >= 0.6 is 0 Å². The summed E-state index contributed by atoms with van der Waals surface area (Å²) in [5.41, 5.74) is 2.00. The summed E-state index contributed by atoms with van der Waals surface area (Å²) in [7, 11) is 0. The second-order valence-electron chi connectivity index (χ2n) is 9.89. The summed E-state index contributed by atoms with van der Waals surface area (Å²) in [6, 6.07) is 9.01. The summed E-state index contributed by atoms with van der Waals surface area (Å²) >= 11 is 0. The topological polar surface area (TPSA) is 117 Å². The van der Waals surface area contributed by atoms with E-state index in [4.69, 9.17) is 9.52 Å². The van der Waals surface area contributed by atoms with E-state index in [1.807, 2.05) is 43.8 Å². The van der Waals surface area contributed by atoms with Crippen LogP contribution in [-0.4, -0.2) is 36.6 Å². The van der Waals surface area contributed by atoms with Crippen molar-refractivity contribution in [3.63, 3.8) is 0 Å². The van der Waals surface area contributed by atoms with Gasteiger partial charge in [-0.15, -0.1) is 0 Å². The first-order chi connectivity index (χ1) is 16.7. The zero-order valence-electron chi connectivity index (χ0n) is 20.1. The Labute approximate surface area is 203 Å². The number of nitrogens with zero attached hydrogens (tertiary/aromatic N) is 4. The second-order valence-corrected chi connectivity index (χ2v) is 9.89. The van der Waals surface area contributed by atoms with E-state index in [1.54, 1.807) is 24.4 Å². The molecule has 9 nitrogen and oxygen atoms in total. The first-order valence-electron chi connectivity index (χ1n) is 11.9. The number of pyridine rings is 1. The van der Waals surface area contributed by atoms with E-state index in [-0.39, 0.29) is 17.7 Å². The molecular formula is C26H30N5O4+. The quantitative estimate of drug-likeness (QED) is 0.289. The molecule has 3 aromatic heterocycles. The Hall–Kier alpha value is -3.72. The van der Waals surface area contributed by atoms with Gasteiger partial charge in [-0.25, -0.2) is 4.98 Å². The second kappa shape index (κ2) is 8.81. The van der Waals surface area contributed by atoms with E-state index in [0.29, 0.717) is 22.8 Å². The number of aliphatic hydroxyl groups is 1. The summed E-state index contributed by atoms with van der Waals surface area (Å²) in [5.74, 6) is -0.0522. The Morgan fingerprint density at radius 2 is 2.06 bits per heavy atom. The van der Waals surface area contributed by atoms with Crippen LogP contribution in [0.1, 0.15) is 74.6 Å². The Morgan fingerprint density at radius 1 is 1.29 bits per heavy atom. The van der Waals surface area contributed by atoms with Crippen molar-refractivity contribution in [1.29, 1.82) is 0 Å². The van der Waals surface area contributed by atoms with Crippen molar-refractivity contribution < 1.29 is 24.3 Å². The molecule has 0 spiro atoms. The highest BCUT2D eigenvalue weighted by atomic mass is 16.5. The number of carbonyl (C=O) groups excluding carboxylic acids is 1. The number of hydrogen-bond donors (Lipinski definition) is 3. The molecule has 0 aliphatic heterocycles. The van der Waals surface area contributed by atoms with E-state index in [0.717, 1.165) is 41.3 Å². The van der Waals surface area contributed by atoms with Crippen molar-refractivity contribution in [2.45, 2.75) is 64.0 Å². The highest BCUT2D eigenvalue weighted by Gasteiger charge is 2.30. The average Bonchev–Trinajstić information content (AvgIpc) is 3.48. The maximum Gasteiger partial charge on any atom is 0.325 e. The fourth-order valence-corrected chi connectivity index (χ4v) is 4.72. The molecule has 1 aromatic carbocycles. The average molecular weight is 477 g/mol. The Morgan fingerprint density at radius 3 is 2.74 bits per heavy atom. The number of anilines is 1. The van der Waals surface area contributed by atoms with Gasteiger partial charge in [-0.3, -0.25) is 14.7 Å². The third-order valence-electron chi connectivity index (χ3n) is 6.80. The zero-order valence-corrected chi connectivity index (χ0v) is 20.1. The van der Waals surface area contributed by atoms with Gasteiger partial charge in [-0.1, -0.05) is 13.8 Å². The van der Waals surface area contributed by atoms with Crippen molar-refractivity contribution >= 4 is 22.5 Å². The molecule has 5 rings (SSSR count). The molecule has 35 heavy (non-hydrogen) atoms. The minimum Gasteiger partial charge on any atom is -0.444 e. The van der Waals surface area contributed by atoms with Crippen molar-refractivity contribution in [2.75, 3.05) is 5.32 Å². The maximum absolute atomic E-state index is 13.2. The van der Waals surface area contributed by atoms with Crippen LogP contribution in [0.2, 0.25) is 0 Å². The Bertz CT molecular complexity index is 1360. The van der Waals surface area contributed by atoms with Crippen LogP contribution in [0.5, 0.6) is 0 Å². The molecule has 0 atom stereocenters. The van der Waals surface area contributed by atoms with Gasteiger partial charge in [-0.05, 0) is 50.8 Å². The Kier molecular flexibility index (Phi) is 5.80. The van der Waals surface area contributed by atoms with E-state index < -0.39 is 11.5 Å². The van der Waals surface area contributed by atoms with Crippen molar-refractivity contribution in [3.8, 4) is 11.5 Å². The molecule has 0 saturated heterocycles. The normalized spacial score (nSPS) is 20.4. The predicted octanol–water partition coefficient (Wildman–Crippen LogP) is 4.46. The lowest BCUT2D eigenvalue weighted by molar-refractivity contribution is -0.911. The van der Waals surface area contributed by atoms with E-state index in [1.165, 1.54) is 6.26 Å². The van der Waals surface area contributed by atoms with Gasteiger partial charge in [0.25, 0.3) is 0 Å². The molecule has 0 radical (unpaired) electrons. The monoisotopic (exact) mass is 476 g/mol. The molecular weight excluding hydrogens is 446 g/mol. The molecule has 3 N–H and O–H groups in total. The predicted molar refractivity (Wildman–Crippen MR) is 129 cm³/mol. The SMILES string of the molecule is CC(C)c1cccc(C(=O)Nc2cc3cn([C@H]4CC[C@](C)(O)CC4)nc3cc2-c2ncco2)[n+]1O. The number of rotatable bonds is 5. The lowest BCUT2D eigenvalue weighted by Gasteiger charge is -2.33. The summed E-state index contributed by atoms with van der Waals surface area (Å²) in [4.78, 5) is 17.5. The first-order valence-corrected chi connectivity index (χ1v) is 11.9. The standard InChI is InChI=1S/C26H29N5O4/c1-16(2)22-5-4-6-23(31(22)34)24(32)28-21-13-17-15-30(18-7-9-26(3,33)10-8-18)29-20(17)14-19(21)25-27-11-12-35-25/h4-6,11-16,18,33H,7-10H2,1-3H3,(H-,28,32,34)/p+1/t18-,26-. The van der Waals surface area contributed by atoms with Gasteiger partial charge in [-0.2, -0.15) is 5.10 Å². The number of amides is 1. The third kappa shape index (κ3) is 4.51. The molecule has 1 aliphatic carbocycles. The number of fused-ring (bicyclic) bond motifs is 1. The molecule has 4 aromatic rings. The number of carbonyl (C=O) groups is 1. The van der Waals surface area contributed by atoms with E-state index >= 15 is 0 Å². The molecule has 1 fully saturated rings. The van der Waals surface area contributed by atoms with Crippen molar-refractivity contribution in [2.24, 2.45) is 0 Å². The van der Waals surface area contributed by atoms with E-state index in [9.17, 15) is 15.1 Å². The van der Waals surface area contributed by atoms with Gasteiger partial charge in [0.1, 0.15) is 6.26 Å². The minimum absolute atomic E-state index is 0.0429. The third-order valence-corrected chi connectivity index (χ3v) is 6.80. The lowest BCUT2D eigenvalue weighted by atomic mass is 9.84. The van der Waals surface area contributed by atoms with Crippen LogP contribution in [0.15, 0.2) is 53.4 Å². The minimum atomic E-state index is -0.616. The number of aromatic nitrogens is 4. The van der Waals surface area contributed by atoms with Gasteiger partial charge in [0, 0.05) is 34.4 Å². The van der Waals surface area contributed by atoms with Crippen LogP contribution in [0, 0.1) is 0 Å². The number of nitrogens with one attached hydrogen (secondary N) is 1. The van der Waals surface area contributed by atoms with Crippen LogP contribution in [0.4, 0.5) is 5.69 Å². The van der Waals surface area contributed by atoms with Crippen molar-refractivity contribution in [1.82, 2.24) is 14.8 Å². The molecule has 3 heterocycles. The summed E-state index contributed by atoms with van der Waals surface area (Å²) < 4.78 is 8.42. The molecule has 1 saturated carbocycles. The number of benzene rings is 1. The van der Waals surface area contributed by atoms with Gasteiger partial charge in [0.2, 0.25) is 11.6 Å². The van der Waals surface area contributed by atoms with Gasteiger partial charge in [0.15, 0.2) is 0 Å².